The van der Waals surface area contributed by atoms with Crippen molar-refractivity contribution in [2.24, 2.45) is 0 Å². The van der Waals surface area contributed by atoms with E-state index in [1.165, 1.54) is 17.5 Å². The lowest BCUT2D eigenvalue weighted by molar-refractivity contribution is 0.247. The molecule has 2 N–H and O–H groups in total. The molecule has 0 aromatic heterocycles. The Balaban J connectivity index is 1.43. The fraction of sp³-hybridized carbons (Fsp3) is 0.278. The molecule has 0 saturated carbocycles. The molecule has 2 aromatic carbocycles. The Morgan fingerprint density at radius 1 is 1.12 bits per heavy atom. The SMILES string of the molecule is O=C(NCCOc1ccc2c(c1)CCC2)Nc1cccc(Cl)c1Cl. The summed E-state index contributed by atoms with van der Waals surface area (Å²) in [6.07, 6.45) is 3.49. The van der Waals surface area contributed by atoms with Crippen LogP contribution in [0.15, 0.2) is 36.4 Å². The van der Waals surface area contributed by atoms with Crippen molar-refractivity contribution in [3.05, 3.63) is 57.6 Å². The highest BCUT2D eigenvalue weighted by Gasteiger charge is 2.11. The third kappa shape index (κ3) is 4.13. The molecule has 0 bridgehead atoms. The van der Waals surface area contributed by atoms with Gasteiger partial charge in [0.05, 0.1) is 22.3 Å². The Labute approximate surface area is 151 Å². The maximum atomic E-state index is 11.9. The van der Waals surface area contributed by atoms with Gasteiger partial charge >= 0.3 is 6.03 Å². The van der Waals surface area contributed by atoms with E-state index in [0.717, 1.165) is 18.6 Å². The van der Waals surface area contributed by atoms with Gasteiger partial charge in [0.25, 0.3) is 0 Å². The number of benzene rings is 2. The minimum absolute atomic E-state index is 0.323. The molecule has 2 aromatic rings. The molecule has 0 heterocycles. The van der Waals surface area contributed by atoms with Crippen LogP contribution in [0.3, 0.4) is 0 Å². The summed E-state index contributed by atoms with van der Waals surface area (Å²) in [4.78, 5) is 11.9. The topological polar surface area (TPSA) is 50.4 Å². The van der Waals surface area contributed by atoms with Crippen molar-refractivity contribution in [2.45, 2.75) is 19.3 Å². The van der Waals surface area contributed by atoms with Gasteiger partial charge in [0, 0.05) is 0 Å². The van der Waals surface area contributed by atoms with Gasteiger partial charge in [-0.2, -0.15) is 0 Å². The van der Waals surface area contributed by atoms with E-state index < -0.39 is 0 Å². The summed E-state index contributed by atoms with van der Waals surface area (Å²) in [5.41, 5.74) is 3.26. The smallest absolute Gasteiger partial charge is 0.319 e. The number of anilines is 1. The number of ether oxygens (including phenoxy) is 1. The summed E-state index contributed by atoms with van der Waals surface area (Å²) in [5, 5.41) is 6.11. The third-order valence-electron chi connectivity index (χ3n) is 3.93. The maximum Gasteiger partial charge on any atom is 0.319 e. The van der Waals surface area contributed by atoms with Gasteiger partial charge in [-0.05, 0) is 54.7 Å². The molecule has 0 atom stereocenters. The van der Waals surface area contributed by atoms with Crippen LogP contribution in [0.5, 0.6) is 5.75 Å². The number of rotatable bonds is 5. The zero-order valence-electron chi connectivity index (χ0n) is 13.1. The highest BCUT2D eigenvalue weighted by Crippen LogP contribution is 2.29. The van der Waals surface area contributed by atoms with E-state index >= 15 is 0 Å². The lowest BCUT2D eigenvalue weighted by Crippen LogP contribution is -2.32. The van der Waals surface area contributed by atoms with E-state index in [9.17, 15) is 4.79 Å². The molecule has 0 saturated heterocycles. The third-order valence-corrected chi connectivity index (χ3v) is 4.75. The van der Waals surface area contributed by atoms with Gasteiger partial charge < -0.3 is 15.4 Å². The van der Waals surface area contributed by atoms with Crippen molar-refractivity contribution in [3.8, 4) is 5.75 Å². The molecule has 24 heavy (non-hydrogen) atoms. The second kappa shape index (κ2) is 7.77. The van der Waals surface area contributed by atoms with E-state index in [-0.39, 0.29) is 6.03 Å². The molecule has 0 aliphatic heterocycles. The lowest BCUT2D eigenvalue weighted by Gasteiger charge is -2.11. The second-order valence-electron chi connectivity index (χ2n) is 5.61. The highest BCUT2D eigenvalue weighted by molar-refractivity contribution is 6.43. The summed E-state index contributed by atoms with van der Waals surface area (Å²) in [6.45, 7) is 0.788. The Bertz CT molecular complexity index is 750. The van der Waals surface area contributed by atoms with E-state index in [2.05, 4.69) is 22.8 Å². The number of aryl methyl sites for hydroxylation is 2. The first-order valence-electron chi connectivity index (χ1n) is 7.87. The molecule has 6 heteroatoms. The van der Waals surface area contributed by atoms with Gasteiger partial charge in [-0.3, -0.25) is 0 Å². The van der Waals surface area contributed by atoms with Crippen molar-refractivity contribution < 1.29 is 9.53 Å². The fourth-order valence-corrected chi connectivity index (χ4v) is 3.09. The average molecular weight is 365 g/mol. The summed E-state index contributed by atoms with van der Waals surface area (Å²) in [7, 11) is 0. The number of amides is 2. The van der Waals surface area contributed by atoms with Crippen LogP contribution in [0.25, 0.3) is 0 Å². The zero-order valence-corrected chi connectivity index (χ0v) is 14.6. The van der Waals surface area contributed by atoms with Crippen LogP contribution in [-0.2, 0) is 12.8 Å². The standard InChI is InChI=1S/C18H18Cl2N2O2/c19-15-5-2-6-16(17(15)20)22-18(23)21-9-10-24-14-8-7-12-3-1-4-13(12)11-14/h2,5-8,11H,1,3-4,9-10H2,(H2,21,22,23). The van der Waals surface area contributed by atoms with Crippen LogP contribution in [-0.4, -0.2) is 19.2 Å². The van der Waals surface area contributed by atoms with Gasteiger partial charge in [-0.1, -0.05) is 35.3 Å². The minimum atomic E-state index is -0.350. The van der Waals surface area contributed by atoms with Crippen LogP contribution >= 0.6 is 23.2 Å². The van der Waals surface area contributed by atoms with Gasteiger partial charge in [-0.15, -0.1) is 0 Å². The van der Waals surface area contributed by atoms with Crippen molar-refractivity contribution >= 4 is 34.9 Å². The molecule has 1 aliphatic rings. The average Bonchev–Trinajstić information content (AvgIpc) is 3.03. The van der Waals surface area contributed by atoms with E-state index in [1.807, 2.05) is 6.07 Å². The van der Waals surface area contributed by atoms with Crippen LogP contribution in [0.4, 0.5) is 10.5 Å². The van der Waals surface area contributed by atoms with Crippen LogP contribution in [0.2, 0.25) is 10.0 Å². The number of carbonyl (C=O) groups excluding carboxylic acids is 1. The molecule has 126 valence electrons. The van der Waals surface area contributed by atoms with E-state index in [4.69, 9.17) is 27.9 Å². The van der Waals surface area contributed by atoms with Gasteiger partial charge in [0.2, 0.25) is 0 Å². The maximum absolute atomic E-state index is 11.9. The van der Waals surface area contributed by atoms with Gasteiger partial charge in [-0.25, -0.2) is 4.79 Å². The Kier molecular flexibility index (Phi) is 5.48. The molecule has 0 unspecified atom stereocenters. The van der Waals surface area contributed by atoms with Crippen LogP contribution in [0.1, 0.15) is 17.5 Å². The first-order chi connectivity index (χ1) is 11.6. The number of nitrogens with one attached hydrogen (secondary N) is 2. The largest absolute Gasteiger partial charge is 0.492 e. The zero-order chi connectivity index (χ0) is 16.9. The molecule has 1 aliphatic carbocycles. The molecule has 3 rings (SSSR count). The van der Waals surface area contributed by atoms with Gasteiger partial charge in [0.15, 0.2) is 0 Å². The molecule has 0 spiro atoms. The van der Waals surface area contributed by atoms with Crippen molar-refractivity contribution in [3.63, 3.8) is 0 Å². The Morgan fingerprint density at radius 3 is 2.83 bits per heavy atom. The van der Waals surface area contributed by atoms with Crippen molar-refractivity contribution in [1.82, 2.24) is 5.32 Å². The Morgan fingerprint density at radius 2 is 1.96 bits per heavy atom. The number of carbonyl (C=O) groups is 1. The summed E-state index contributed by atoms with van der Waals surface area (Å²) < 4.78 is 5.69. The highest BCUT2D eigenvalue weighted by atomic mass is 35.5. The van der Waals surface area contributed by atoms with E-state index in [1.54, 1.807) is 18.2 Å². The van der Waals surface area contributed by atoms with Crippen molar-refractivity contribution in [2.75, 3.05) is 18.5 Å². The van der Waals surface area contributed by atoms with Gasteiger partial charge in [0.1, 0.15) is 12.4 Å². The predicted molar refractivity (Wildman–Crippen MR) is 97.4 cm³/mol. The first kappa shape index (κ1) is 16.9. The van der Waals surface area contributed by atoms with Crippen molar-refractivity contribution in [1.29, 1.82) is 0 Å². The summed E-state index contributed by atoms with van der Waals surface area (Å²) in [5.74, 6) is 0.843. The second-order valence-corrected chi connectivity index (χ2v) is 6.40. The van der Waals surface area contributed by atoms with Crippen LogP contribution in [0, 0.1) is 0 Å². The molecular weight excluding hydrogens is 347 g/mol. The number of hydrogen-bond donors (Lipinski definition) is 2. The lowest BCUT2D eigenvalue weighted by atomic mass is 10.1. The molecule has 0 radical (unpaired) electrons. The number of urea groups is 1. The number of hydrogen-bond acceptors (Lipinski definition) is 2. The molecule has 2 amide bonds. The molecular formula is C18H18Cl2N2O2. The first-order valence-corrected chi connectivity index (χ1v) is 8.62. The summed E-state index contributed by atoms with van der Waals surface area (Å²) >= 11 is 11.9. The molecule has 4 nitrogen and oxygen atoms in total. The predicted octanol–water partition coefficient (Wildman–Crippen LogP) is 4.68. The number of halogens is 2. The normalized spacial score (nSPS) is 12.6. The fourth-order valence-electron chi connectivity index (χ4n) is 2.74. The quantitative estimate of drug-likeness (QED) is 0.756. The van der Waals surface area contributed by atoms with E-state index in [0.29, 0.717) is 28.9 Å². The van der Waals surface area contributed by atoms with Crippen LogP contribution < -0.4 is 15.4 Å². The number of fused-ring (bicyclic) bond motifs is 1. The Hall–Kier alpha value is -1.91. The summed E-state index contributed by atoms with van der Waals surface area (Å²) in [6, 6.07) is 10.9. The minimum Gasteiger partial charge on any atom is -0.492 e. The molecule has 0 fully saturated rings. The monoisotopic (exact) mass is 364 g/mol.